The van der Waals surface area contributed by atoms with E-state index in [-0.39, 0.29) is 0 Å². The Kier molecular flexibility index (Phi) is 7.78. The van der Waals surface area contributed by atoms with Crippen LogP contribution in [0.4, 0.5) is 0 Å². The zero-order chi connectivity index (χ0) is 10.3. The van der Waals surface area contributed by atoms with E-state index >= 15 is 0 Å². The SMILES string of the molecule is CCC(CC)NCC(Cl)CC(C)C. The van der Waals surface area contributed by atoms with Crippen molar-refractivity contribution in [2.75, 3.05) is 6.54 Å². The highest BCUT2D eigenvalue weighted by Crippen LogP contribution is 2.10. The zero-order valence-electron chi connectivity index (χ0n) is 9.44. The minimum absolute atomic E-state index is 0.292. The van der Waals surface area contributed by atoms with Crippen LogP contribution in [0.15, 0.2) is 0 Å². The maximum absolute atomic E-state index is 6.17. The maximum Gasteiger partial charge on any atom is 0.0463 e. The molecule has 2 heteroatoms. The molecule has 0 aliphatic heterocycles. The van der Waals surface area contributed by atoms with Crippen LogP contribution in [0.1, 0.15) is 47.0 Å². The van der Waals surface area contributed by atoms with E-state index in [1.807, 2.05) is 0 Å². The van der Waals surface area contributed by atoms with E-state index in [0.29, 0.717) is 17.3 Å². The third kappa shape index (κ3) is 7.33. The Balaban J connectivity index is 3.49. The van der Waals surface area contributed by atoms with Gasteiger partial charge in [-0.3, -0.25) is 0 Å². The van der Waals surface area contributed by atoms with Crippen LogP contribution in [0.5, 0.6) is 0 Å². The molecule has 0 radical (unpaired) electrons. The van der Waals surface area contributed by atoms with Gasteiger partial charge in [-0.15, -0.1) is 11.6 Å². The van der Waals surface area contributed by atoms with Gasteiger partial charge in [0.15, 0.2) is 0 Å². The van der Waals surface area contributed by atoms with Gasteiger partial charge < -0.3 is 5.32 Å². The molecule has 0 saturated carbocycles. The fourth-order valence-corrected chi connectivity index (χ4v) is 1.91. The van der Waals surface area contributed by atoms with Crippen molar-refractivity contribution >= 4 is 11.6 Å². The molecule has 80 valence electrons. The predicted molar refractivity (Wildman–Crippen MR) is 61.5 cm³/mol. The minimum Gasteiger partial charge on any atom is -0.313 e. The van der Waals surface area contributed by atoms with Crippen molar-refractivity contribution in [3.05, 3.63) is 0 Å². The Morgan fingerprint density at radius 1 is 1.15 bits per heavy atom. The van der Waals surface area contributed by atoms with Gasteiger partial charge in [-0.1, -0.05) is 27.7 Å². The monoisotopic (exact) mass is 205 g/mol. The lowest BCUT2D eigenvalue weighted by molar-refractivity contribution is 0.458. The Hall–Kier alpha value is 0.250. The molecule has 0 heterocycles. The van der Waals surface area contributed by atoms with Crippen LogP contribution < -0.4 is 5.32 Å². The van der Waals surface area contributed by atoms with Gasteiger partial charge in [0.25, 0.3) is 0 Å². The Morgan fingerprint density at radius 3 is 2.08 bits per heavy atom. The Labute approximate surface area is 88.2 Å². The van der Waals surface area contributed by atoms with Crippen LogP contribution in [-0.2, 0) is 0 Å². The van der Waals surface area contributed by atoms with Gasteiger partial charge >= 0.3 is 0 Å². The average molecular weight is 206 g/mol. The molecule has 13 heavy (non-hydrogen) atoms. The third-order valence-electron chi connectivity index (χ3n) is 2.34. The molecular formula is C11H24ClN. The molecule has 0 amide bonds. The molecule has 0 fully saturated rings. The van der Waals surface area contributed by atoms with E-state index in [9.17, 15) is 0 Å². The van der Waals surface area contributed by atoms with Crippen molar-refractivity contribution in [3.63, 3.8) is 0 Å². The van der Waals surface area contributed by atoms with E-state index in [0.717, 1.165) is 13.0 Å². The summed E-state index contributed by atoms with van der Waals surface area (Å²) >= 11 is 6.17. The first-order valence-corrected chi connectivity index (χ1v) is 5.91. The summed E-state index contributed by atoms with van der Waals surface area (Å²) in [6.45, 7) is 9.81. The largest absolute Gasteiger partial charge is 0.313 e. The molecule has 0 aliphatic carbocycles. The normalized spacial score (nSPS) is 14.1. The first kappa shape index (κ1) is 13.2. The lowest BCUT2D eigenvalue weighted by Gasteiger charge is -2.18. The molecule has 0 aromatic carbocycles. The van der Waals surface area contributed by atoms with E-state index in [4.69, 9.17) is 11.6 Å². The number of hydrogen-bond donors (Lipinski definition) is 1. The van der Waals surface area contributed by atoms with Gasteiger partial charge in [-0.2, -0.15) is 0 Å². The van der Waals surface area contributed by atoms with Crippen LogP contribution in [0.3, 0.4) is 0 Å². The maximum atomic E-state index is 6.17. The summed E-state index contributed by atoms with van der Waals surface area (Å²) in [5, 5.41) is 3.78. The van der Waals surface area contributed by atoms with Gasteiger partial charge in [0, 0.05) is 18.0 Å². The lowest BCUT2D eigenvalue weighted by Crippen LogP contribution is -2.33. The second kappa shape index (κ2) is 7.64. The summed E-state index contributed by atoms with van der Waals surface area (Å²) < 4.78 is 0. The fraction of sp³-hybridized carbons (Fsp3) is 1.00. The van der Waals surface area contributed by atoms with E-state index < -0.39 is 0 Å². The second-order valence-corrected chi connectivity index (χ2v) is 4.77. The number of halogens is 1. The lowest BCUT2D eigenvalue weighted by atomic mass is 10.1. The van der Waals surface area contributed by atoms with Crippen LogP contribution in [0.2, 0.25) is 0 Å². The molecule has 0 rings (SSSR count). The van der Waals surface area contributed by atoms with Crippen LogP contribution in [0, 0.1) is 5.92 Å². The number of rotatable bonds is 7. The molecular weight excluding hydrogens is 182 g/mol. The molecule has 0 aliphatic rings. The highest BCUT2D eigenvalue weighted by Gasteiger charge is 2.09. The molecule has 0 bridgehead atoms. The predicted octanol–water partition coefficient (Wildman–Crippen LogP) is 3.42. The van der Waals surface area contributed by atoms with Crippen molar-refractivity contribution in [1.29, 1.82) is 0 Å². The van der Waals surface area contributed by atoms with Gasteiger partial charge in [0.1, 0.15) is 0 Å². The van der Waals surface area contributed by atoms with Crippen LogP contribution >= 0.6 is 11.6 Å². The summed E-state index contributed by atoms with van der Waals surface area (Å²) in [6.07, 6.45) is 3.50. The first-order valence-electron chi connectivity index (χ1n) is 5.47. The molecule has 0 saturated heterocycles. The van der Waals surface area contributed by atoms with Crippen LogP contribution in [-0.4, -0.2) is 18.0 Å². The third-order valence-corrected chi connectivity index (χ3v) is 2.67. The number of hydrogen-bond acceptors (Lipinski definition) is 1. The summed E-state index contributed by atoms with van der Waals surface area (Å²) in [5.41, 5.74) is 0. The molecule has 1 nitrogen and oxygen atoms in total. The minimum atomic E-state index is 0.292. The van der Waals surface area contributed by atoms with Gasteiger partial charge in [-0.05, 0) is 25.2 Å². The molecule has 0 aromatic heterocycles. The van der Waals surface area contributed by atoms with Gasteiger partial charge in [0.2, 0.25) is 0 Å². The van der Waals surface area contributed by atoms with E-state index in [2.05, 4.69) is 33.0 Å². The van der Waals surface area contributed by atoms with Gasteiger partial charge in [-0.25, -0.2) is 0 Å². The molecule has 0 aromatic rings. The van der Waals surface area contributed by atoms with Crippen molar-refractivity contribution in [2.24, 2.45) is 5.92 Å². The number of alkyl halides is 1. The summed E-state index contributed by atoms with van der Waals surface area (Å²) in [4.78, 5) is 0. The highest BCUT2D eigenvalue weighted by atomic mass is 35.5. The molecule has 1 N–H and O–H groups in total. The molecule has 1 unspecified atom stereocenters. The van der Waals surface area contributed by atoms with E-state index in [1.165, 1.54) is 12.8 Å². The smallest absolute Gasteiger partial charge is 0.0463 e. The quantitative estimate of drug-likeness (QED) is 0.629. The van der Waals surface area contributed by atoms with Crippen LogP contribution in [0.25, 0.3) is 0 Å². The fourth-order valence-electron chi connectivity index (χ4n) is 1.47. The van der Waals surface area contributed by atoms with Crippen molar-refractivity contribution in [1.82, 2.24) is 5.32 Å². The molecule has 1 atom stereocenters. The second-order valence-electron chi connectivity index (χ2n) is 4.15. The van der Waals surface area contributed by atoms with Gasteiger partial charge in [0.05, 0.1) is 0 Å². The number of nitrogens with one attached hydrogen (secondary N) is 1. The van der Waals surface area contributed by atoms with Crippen molar-refractivity contribution in [3.8, 4) is 0 Å². The average Bonchev–Trinajstić information content (AvgIpc) is 2.05. The standard InChI is InChI=1S/C11H24ClN/c1-5-11(6-2)13-8-10(12)7-9(3)4/h9-11,13H,5-8H2,1-4H3. The van der Waals surface area contributed by atoms with E-state index in [1.54, 1.807) is 0 Å². The topological polar surface area (TPSA) is 12.0 Å². The van der Waals surface area contributed by atoms with Crippen molar-refractivity contribution < 1.29 is 0 Å². The zero-order valence-corrected chi connectivity index (χ0v) is 10.2. The summed E-state index contributed by atoms with van der Waals surface area (Å²) in [7, 11) is 0. The Morgan fingerprint density at radius 2 is 1.69 bits per heavy atom. The summed E-state index contributed by atoms with van der Waals surface area (Å²) in [6, 6.07) is 0.647. The van der Waals surface area contributed by atoms with Crippen molar-refractivity contribution in [2.45, 2.75) is 58.4 Å². The first-order chi connectivity index (χ1) is 6.10. The highest BCUT2D eigenvalue weighted by molar-refractivity contribution is 6.20. The summed E-state index contributed by atoms with van der Waals surface area (Å²) in [5.74, 6) is 0.700. The Bertz CT molecular complexity index is 111. The molecule has 0 spiro atoms.